The third-order valence-corrected chi connectivity index (χ3v) is 2.54. The molecule has 6 heteroatoms. The number of ketones is 1. The van der Waals surface area contributed by atoms with Crippen molar-refractivity contribution in [3.8, 4) is 5.69 Å². The normalized spacial score (nSPS) is 10.3. The fraction of sp³-hybridized carbons (Fsp3) is 0.0833. The number of aromatic nitrogens is 2. The molecular formula is C12H10N2O4. The molecular weight excluding hydrogens is 236 g/mol. The molecule has 1 heterocycles. The van der Waals surface area contributed by atoms with Crippen LogP contribution in [-0.2, 0) is 4.79 Å². The number of benzene rings is 1. The van der Waals surface area contributed by atoms with E-state index >= 15 is 0 Å². The van der Waals surface area contributed by atoms with Crippen molar-refractivity contribution in [3.63, 3.8) is 0 Å². The smallest absolute Gasteiger partial charge is 0.377 e. The van der Waals surface area contributed by atoms with E-state index in [1.54, 1.807) is 13.1 Å². The minimum atomic E-state index is -1.50. The number of H-pyrrole nitrogens is 1. The summed E-state index contributed by atoms with van der Waals surface area (Å²) in [6.45, 7) is 1.76. The molecule has 0 atom stereocenters. The maximum atomic E-state index is 11.5. The monoisotopic (exact) mass is 246 g/mol. The fourth-order valence-corrected chi connectivity index (χ4v) is 1.66. The molecule has 0 aliphatic heterocycles. The van der Waals surface area contributed by atoms with E-state index in [-0.39, 0.29) is 11.3 Å². The van der Waals surface area contributed by atoms with E-state index in [1.807, 2.05) is 0 Å². The predicted molar refractivity (Wildman–Crippen MR) is 63.1 cm³/mol. The number of aryl methyl sites for hydroxylation is 1. The minimum absolute atomic E-state index is 0.0764. The molecule has 0 aliphatic rings. The van der Waals surface area contributed by atoms with Gasteiger partial charge in [0.1, 0.15) is 0 Å². The first-order chi connectivity index (χ1) is 8.50. The number of rotatable bonds is 3. The Labute approximate surface area is 102 Å². The van der Waals surface area contributed by atoms with Gasteiger partial charge in [-0.2, -0.15) is 0 Å². The van der Waals surface area contributed by atoms with Crippen LogP contribution in [0.3, 0.4) is 0 Å². The summed E-state index contributed by atoms with van der Waals surface area (Å²) in [5.41, 5.74) is 1.08. The Morgan fingerprint density at radius 2 is 1.83 bits per heavy atom. The van der Waals surface area contributed by atoms with Crippen molar-refractivity contribution in [3.05, 3.63) is 52.2 Å². The summed E-state index contributed by atoms with van der Waals surface area (Å²) in [7, 11) is 0. The Hall–Kier alpha value is -2.63. The van der Waals surface area contributed by atoms with Gasteiger partial charge in [0.05, 0.1) is 5.69 Å². The van der Waals surface area contributed by atoms with Gasteiger partial charge in [-0.05, 0) is 31.2 Å². The zero-order valence-electron chi connectivity index (χ0n) is 9.51. The quantitative estimate of drug-likeness (QED) is 0.617. The van der Waals surface area contributed by atoms with Gasteiger partial charge in [-0.15, -0.1) is 0 Å². The summed E-state index contributed by atoms with van der Waals surface area (Å²) < 4.78 is 1.43. The van der Waals surface area contributed by atoms with Crippen molar-refractivity contribution in [2.45, 2.75) is 6.92 Å². The Bertz CT molecular complexity index is 664. The van der Waals surface area contributed by atoms with Gasteiger partial charge in [0.25, 0.3) is 5.78 Å². The van der Waals surface area contributed by atoms with Gasteiger partial charge in [0.15, 0.2) is 0 Å². The number of carboxylic acid groups (broad SMARTS) is 1. The Morgan fingerprint density at radius 1 is 1.22 bits per heavy atom. The number of nitrogens with zero attached hydrogens (tertiary/aromatic N) is 1. The molecule has 0 spiro atoms. The number of carbonyl (C=O) groups excluding carboxylic acids is 1. The Kier molecular flexibility index (Phi) is 2.85. The molecule has 0 radical (unpaired) electrons. The second-order valence-corrected chi connectivity index (χ2v) is 3.75. The third kappa shape index (κ3) is 1.95. The van der Waals surface area contributed by atoms with E-state index < -0.39 is 11.8 Å². The van der Waals surface area contributed by atoms with Crippen LogP contribution in [0.15, 0.2) is 35.3 Å². The number of hydrogen-bond acceptors (Lipinski definition) is 3. The Balaban J connectivity index is 2.43. The second-order valence-electron chi connectivity index (χ2n) is 3.75. The molecule has 2 N–H and O–H groups in total. The molecule has 92 valence electrons. The summed E-state index contributed by atoms with van der Waals surface area (Å²) in [6.07, 6.45) is 1.57. The molecule has 0 saturated heterocycles. The molecule has 0 unspecified atom stereocenters. The lowest BCUT2D eigenvalue weighted by molar-refractivity contribution is -0.131. The van der Waals surface area contributed by atoms with Crippen LogP contribution >= 0.6 is 0 Å². The molecule has 0 bridgehead atoms. The highest BCUT2D eigenvalue weighted by Crippen LogP contribution is 2.10. The number of aromatic amines is 1. The number of carboxylic acids is 1. The lowest BCUT2D eigenvalue weighted by atomic mass is 10.1. The van der Waals surface area contributed by atoms with Crippen molar-refractivity contribution < 1.29 is 14.7 Å². The molecule has 0 aliphatic carbocycles. The number of imidazole rings is 1. The lowest BCUT2D eigenvalue weighted by Gasteiger charge is -2.04. The molecule has 6 nitrogen and oxygen atoms in total. The van der Waals surface area contributed by atoms with Crippen molar-refractivity contribution >= 4 is 11.8 Å². The summed E-state index contributed by atoms with van der Waals surface area (Å²) in [5, 5.41) is 8.57. The number of Topliss-reactive ketones (excluding diaryl/α,β-unsaturated/α-hetero) is 1. The number of carbonyl (C=O) groups is 2. The van der Waals surface area contributed by atoms with E-state index in [1.165, 1.54) is 28.8 Å². The van der Waals surface area contributed by atoms with E-state index in [0.29, 0.717) is 5.69 Å². The Morgan fingerprint density at radius 3 is 2.28 bits per heavy atom. The minimum Gasteiger partial charge on any atom is -0.475 e. The largest absolute Gasteiger partial charge is 0.475 e. The zero-order chi connectivity index (χ0) is 13.3. The van der Waals surface area contributed by atoms with Gasteiger partial charge in [-0.25, -0.2) is 9.59 Å². The maximum absolute atomic E-state index is 11.5. The van der Waals surface area contributed by atoms with Gasteiger partial charge in [-0.1, -0.05) is 0 Å². The molecule has 0 fully saturated rings. The fourth-order valence-electron chi connectivity index (χ4n) is 1.66. The molecule has 2 aromatic rings. The summed E-state index contributed by atoms with van der Waals surface area (Å²) in [6, 6.07) is 5.81. The molecule has 2 rings (SSSR count). The summed E-state index contributed by atoms with van der Waals surface area (Å²) >= 11 is 0. The third-order valence-electron chi connectivity index (χ3n) is 2.54. The molecule has 0 amide bonds. The van der Waals surface area contributed by atoms with Crippen molar-refractivity contribution in [1.82, 2.24) is 9.55 Å². The summed E-state index contributed by atoms with van der Waals surface area (Å²) in [4.78, 5) is 35.8. The van der Waals surface area contributed by atoms with Crippen LogP contribution in [0, 0.1) is 6.92 Å². The van der Waals surface area contributed by atoms with Crippen molar-refractivity contribution in [2.24, 2.45) is 0 Å². The maximum Gasteiger partial charge on any atom is 0.377 e. The van der Waals surface area contributed by atoms with Crippen LogP contribution in [0.1, 0.15) is 16.1 Å². The first-order valence-corrected chi connectivity index (χ1v) is 5.16. The first-order valence-electron chi connectivity index (χ1n) is 5.16. The lowest BCUT2D eigenvalue weighted by Crippen LogP contribution is -2.16. The van der Waals surface area contributed by atoms with Gasteiger partial charge in [0, 0.05) is 17.5 Å². The van der Waals surface area contributed by atoms with Gasteiger partial charge >= 0.3 is 11.7 Å². The first kappa shape index (κ1) is 11.8. The van der Waals surface area contributed by atoms with Crippen LogP contribution in [0.2, 0.25) is 0 Å². The average molecular weight is 246 g/mol. The number of nitrogens with one attached hydrogen (secondary N) is 1. The van der Waals surface area contributed by atoms with Crippen LogP contribution in [0.4, 0.5) is 0 Å². The van der Waals surface area contributed by atoms with Crippen LogP contribution < -0.4 is 5.69 Å². The van der Waals surface area contributed by atoms with Gasteiger partial charge in [0.2, 0.25) is 0 Å². The van der Waals surface area contributed by atoms with E-state index in [0.717, 1.165) is 5.69 Å². The molecule has 0 saturated carbocycles. The highest BCUT2D eigenvalue weighted by atomic mass is 16.4. The topological polar surface area (TPSA) is 92.2 Å². The standard InChI is InChI=1S/C12H10N2O4/c1-7-6-13-12(18)14(7)9-4-2-8(3-5-9)10(15)11(16)17/h2-6H,1H3,(H,13,18)(H,16,17). The van der Waals surface area contributed by atoms with Crippen molar-refractivity contribution in [2.75, 3.05) is 0 Å². The van der Waals surface area contributed by atoms with Crippen LogP contribution in [0.25, 0.3) is 5.69 Å². The zero-order valence-corrected chi connectivity index (χ0v) is 9.51. The van der Waals surface area contributed by atoms with Gasteiger partial charge in [-0.3, -0.25) is 9.36 Å². The highest BCUT2D eigenvalue weighted by molar-refractivity contribution is 6.39. The van der Waals surface area contributed by atoms with E-state index in [9.17, 15) is 14.4 Å². The highest BCUT2D eigenvalue weighted by Gasteiger charge is 2.14. The van der Waals surface area contributed by atoms with Crippen LogP contribution in [-0.4, -0.2) is 26.4 Å². The van der Waals surface area contributed by atoms with Crippen molar-refractivity contribution in [1.29, 1.82) is 0 Å². The van der Waals surface area contributed by atoms with E-state index in [2.05, 4.69) is 4.98 Å². The molecule has 1 aromatic carbocycles. The van der Waals surface area contributed by atoms with Gasteiger partial charge < -0.3 is 10.1 Å². The average Bonchev–Trinajstić information content (AvgIpc) is 2.68. The van der Waals surface area contributed by atoms with Crippen LogP contribution in [0.5, 0.6) is 0 Å². The number of hydrogen-bond donors (Lipinski definition) is 2. The predicted octanol–water partition coefficient (Wildman–Crippen LogP) is 0.741. The molecule has 1 aromatic heterocycles. The molecule has 18 heavy (non-hydrogen) atoms. The van der Waals surface area contributed by atoms with E-state index in [4.69, 9.17) is 5.11 Å². The second kappa shape index (κ2) is 4.33. The summed E-state index contributed by atoms with van der Waals surface area (Å²) in [5.74, 6) is -2.47. The number of aliphatic carboxylic acids is 1. The SMILES string of the molecule is Cc1c[nH]c(=O)n1-c1ccc(C(=O)C(=O)O)cc1.